The molecule has 1 amide bonds. The van der Waals surface area contributed by atoms with Crippen molar-refractivity contribution in [3.8, 4) is 0 Å². The van der Waals surface area contributed by atoms with Crippen molar-refractivity contribution >= 4 is 11.6 Å². The SMILES string of the molecule is CN(C(=O)CC(C)(C)N)c1ccc(C(C)(C)C)cc1. The number of anilines is 1. The van der Waals surface area contributed by atoms with Crippen molar-refractivity contribution in [3.05, 3.63) is 29.8 Å². The van der Waals surface area contributed by atoms with Gasteiger partial charge in [-0.1, -0.05) is 32.9 Å². The van der Waals surface area contributed by atoms with Crippen LogP contribution < -0.4 is 10.6 Å². The van der Waals surface area contributed by atoms with E-state index in [0.717, 1.165) is 5.69 Å². The highest BCUT2D eigenvalue weighted by Gasteiger charge is 2.20. The van der Waals surface area contributed by atoms with Crippen LogP contribution in [0.3, 0.4) is 0 Å². The first-order valence-electron chi connectivity index (χ1n) is 6.67. The van der Waals surface area contributed by atoms with Gasteiger partial charge in [-0.2, -0.15) is 0 Å². The molecule has 0 spiro atoms. The molecule has 106 valence electrons. The predicted molar refractivity (Wildman–Crippen MR) is 81.4 cm³/mol. The minimum atomic E-state index is -0.476. The third-order valence-corrected chi connectivity index (χ3v) is 3.10. The largest absolute Gasteiger partial charge is 0.325 e. The van der Waals surface area contributed by atoms with Crippen LogP contribution in [0, 0.1) is 0 Å². The molecule has 0 aliphatic carbocycles. The van der Waals surface area contributed by atoms with Gasteiger partial charge in [-0.25, -0.2) is 0 Å². The molecule has 0 aliphatic rings. The van der Waals surface area contributed by atoms with Crippen molar-refractivity contribution < 1.29 is 4.79 Å². The highest BCUT2D eigenvalue weighted by atomic mass is 16.2. The number of nitrogens with two attached hydrogens (primary N) is 1. The fraction of sp³-hybridized carbons (Fsp3) is 0.562. The lowest BCUT2D eigenvalue weighted by Gasteiger charge is -2.24. The molecule has 1 aromatic carbocycles. The molecule has 0 radical (unpaired) electrons. The van der Waals surface area contributed by atoms with Gasteiger partial charge in [0.25, 0.3) is 0 Å². The smallest absolute Gasteiger partial charge is 0.228 e. The Morgan fingerprint density at radius 3 is 1.95 bits per heavy atom. The standard InChI is InChI=1S/C16H26N2O/c1-15(2,3)12-7-9-13(10-8-12)18(6)14(19)11-16(4,5)17/h7-10H,11,17H2,1-6H3. The van der Waals surface area contributed by atoms with Crippen LogP contribution in [0.2, 0.25) is 0 Å². The zero-order valence-electron chi connectivity index (χ0n) is 12.9. The summed E-state index contributed by atoms with van der Waals surface area (Å²) in [5.41, 5.74) is 7.70. The molecule has 0 fully saturated rings. The Bertz CT molecular complexity index is 435. The Morgan fingerprint density at radius 2 is 1.58 bits per heavy atom. The Hall–Kier alpha value is -1.35. The first kappa shape index (κ1) is 15.7. The summed E-state index contributed by atoms with van der Waals surface area (Å²) in [6.45, 7) is 10.2. The number of benzene rings is 1. The molecule has 3 nitrogen and oxygen atoms in total. The van der Waals surface area contributed by atoms with Gasteiger partial charge >= 0.3 is 0 Å². The van der Waals surface area contributed by atoms with Crippen molar-refractivity contribution in [1.29, 1.82) is 0 Å². The first-order valence-corrected chi connectivity index (χ1v) is 6.67. The molecule has 1 rings (SSSR count). The van der Waals surface area contributed by atoms with Crippen LogP contribution in [0.5, 0.6) is 0 Å². The van der Waals surface area contributed by atoms with Crippen LogP contribution in [0.1, 0.15) is 46.6 Å². The maximum absolute atomic E-state index is 12.1. The van der Waals surface area contributed by atoms with E-state index in [0.29, 0.717) is 6.42 Å². The number of carbonyl (C=O) groups excluding carboxylic acids is 1. The van der Waals surface area contributed by atoms with Crippen molar-refractivity contribution in [2.75, 3.05) is 11.9 Å². The zero-order valence-corrected chi connectivity index (χ0v) is 12.9. The predicted octanol–water partition coefficient (Wildman–Crippen LogP) is 3.07. The number of carbonyl (C=O) groups is 1. The van der Waals surface area contributed by atoms with E-state index in [-0.39, 0.29) is 11.3 Å². The van der Waals surface area contributed by atoms with Gasteiger partial charge in [-0.15, -0.1) is 0 Å². The summed E-state index contributed by atoms with van der Waals surface area (Å²) in [6, 6.07) is 8.13. The van der Waals surface area contributed by atoms with Crippen LogP contribution in [-0.4, -0.2) is 18.5 Å². The molecule has 0 bridgehead atoms. The van der Waals surface area contributed by atoms with Crippen molar-refractivity contribution in [2.24, 2.45) is 5.73 Å². The van der Waals surface area contributed by atoms with Gasteiger partial charge < -0.3 is 10.6 Å². The number of hydrogen-bond donors (Lipinski definition) is 1. The average molecular weight is 262 g/mol. The molecule has 0 unspecified atom stereocenters. The van der Waals surface area contributed by atoms with E-state index in [1.54, 1.807) is 11.9 Å². The summed E-state index contributed by atoms with van der Waals surface area (Å²) in [6.07, 6.45) is 0.338. The molecule has 0 saturated heterocycles. The molecule has 0 aliphatic heterocycles. The maximum atomic E-state index is 12.1. The lowest BCUT2D eigenvalue weighted by atomic mass is 9.87. The van der Waals surface area contributed by atoms with E-state index in [9.17, 15) is 4.79 Å². The lowest BCUT2D eigenvalue weighted by molar-refractivity contribution is -0.119. The van der Waals surface area contributed by atoms with Crippen molar-refractivity contribution in [3.63, 3.8) is 0 Å². The fourth-order valence-electron chi connectivity index (χ4n) is 1.84. The lowest BCUT2D eigenvalue weighted by Crippen LogP contribution is -2.39. The molecule has 1 aromatic rings. The van der Waals surface area contributed by atoms with E-state index in [1.165, 1.54) is 5.56 Å². The minimum absolute atomic E-state index is 0.0380. The number of nitrogens with zero attached hydrogens (tertiary/aromatic N) is 1. The second-order valence-electron chi connectivity index (χ2n) is 6.91. The molecular weight excluding hydrogens is 236 g/mol. The Labute approximate surface area is 116 Å². The maximum Gasteiger partial charge on any atom is 0.228 e. The van der Waals surface area contributed by atoms with Crippen LogP contribution in [0.15, 0.2) is 24.3 Å². The molecule has 19 heavy (non-hydrogen) atoms. The quantitative estimate of drug-likeness (QED) is 0.910. The molecule has 3 heteroatoms. The van der Waals surface area contributed by atoms with E-state index < -0.39 is 5.54 Å². The average Bonchev–Trinajstić information content (AvgIpc) is 2.24. The van der Waals surface area contributed by atoms with Crippen molar-refractivity contribution in [1.82, 2.24) is 0 Å². The number of rotatable bonds is 3. The monoisotopic (exact) mass is 262 g/mol. The minimum Gasteiger partial charge on any atom is -0.325 e. The first-order chi connectivity index (χ1) is 8.50. The molecule has 0 heterocycles. The van der Waals surface area contributed by atoms with E-state index in [4.69, 9.17) is 5.73 Å². The third-order valence-electron chi connectivity index (χ3n) is 3.10. The van der Waals surface area contributed by atoms with Crippen LogP contribution in [0.25, 0.3) is 0 Å². The summed E-state index contributed by atoms with van der Waals surface area (Å²) in [5.74, 6) is 0.0380. The number of hydrogen-bond acceptors (Lipinski definition) is 2. The van der Waals surface area contributed by atoms with Gasteiger partial charge in [0.2, 0.25) is 5.91 Å². The van der Waals surface area contributed by atoms with Gasteiger partial charge in [0.1, 0.15) is 0 Å². The summed E-state index contributed by atoms with van der Waals surface area (Å²) in [5, 5.41) is 0. The van der Waals surface area contributed by atoms with Gasteiger partial charge in [-0.05, 0) is 37.0 Å². The molecular formula is C16H26N2O. The van der Waals surface area contributed by atoms with Crippen LogP contribution in [-0.2, 0) is 10.2 Å². The second kappa shape index (κ2) is 5.33. The number of amides is 1. The highest BCUT2D eigenvalue weighted by Crippen LogP contribution is 2.25. The molecule has 0 aromatic heterocycles. The van der Waals surface area contributed by atoms with E-state index in [1.807, 2.05) is 26.0 Å². The van der Waals surface area contributed by atoms with Crippen molar-refractivity contribution in [2.45, 2.75) is 52.0 Å². The van der Waals surface area contributed by atoms with Crippen LogP contribution >= 0.6 is 0 Å². The Balaban J connectivity index is 2.84. The van der Waals surface area contributed by atoms with Gasteiger partial charge in [0.05, 0.1) is 0 Å². The second-order valence-corrected chi connectivity index (χ2v) is 6.91. The van der Waals surface area contributed by atoms with Gasteiger partial charge in [0, 0.05) is 24.7 Å². The highest BCUT2D eigenvalue weighted by molar-refractivity contribution is 5.93. The summed E-state index contributed by atoms with van der Waals surface area (Å²) >= 11 is 0. The molecule has 0 atom stereocenters. The summed E-state index contributed by atoms with van der Waals surface area (Å²) in [7, 11) is 1.79. The third kappa shape index (κ3) is 4.67. The fourth-order valence-corrected chi connectivity index (χ4v) is 1.84. The topological polar surface area (TPSA) is 46.3 Å². The molecule has 2 N–H and O–H groups in total. The van der Waals surface area contributed by atoms with E-state index in [2.05, 4.69) is 32.9 Å². The van der Waals surface area contributed by atoms with Gasteiger partial charge in [-0.3, -0.25) is 4.79 Å². The Morgan fingerprint density at radius 1 is 1.11 bits per heavy atom. The van der Waals surface area contributed by atoms with Crippen LogP contribution in [0.4, 0.5) is 5.69 Å². The van der Waals surface area contributed by atoms with E-state index >= 15 is 0 Å². The zero-order chi connectivity index (χ0) is 14.8. The summed E-state index contributed by atoms with van der Waals surface area (Å²) < 4.78 is 0. The Kier molecular flexibility index (Phi) is 4.41. The molecule has 0 saturated carbocycles. The van der Waals surface area contributed by atoms with Gasteiger partial charge in [0.15, 0.2) is 0 Å². The normalized spacial score (nSPS) is 12.4. The summed E-state index contributed by atoms with van der Waals surface area (Å²) in [4.78, 5) is 13.8.